The Morgan fingerprint density at radius 2 is 2.12 bits per heavy atom. The highest BCUT2D eigenvalue weighted by Crippen LogP contribution is 2.27. The molecule has 0 radical (unpaired) electrons. The van der Waals surface area contributed by atoms with E-state index in [1.54, 1.807) is 11.3 Å². The van der Waals surface area contributed by atoms with E-state index < -0.39 is 0 Å². The Kier molecular flexibility index (Phi) is 4.12. The number of nitrogens with one attached hydrogen (secondary N) is 2. The number of nitrogens with zero attached hydrogens (tertiary/aromatic N) is 1. The molecule has 1 saturated heterocycles. The van der Waals surface area contributed by atoms with E-state index in [1.807, 2.05) is 22.4 Å². The summed E-state index contributed by atoms with van der Waals surface area (Å²) in [5.41, 5.74) is 4.25. The summed E-state index contributed by atoms with van der Waals surface area (Å²) in [7, 11) is 0. The number of hydrogen-bond acceptors (Lipinski definition) is 3. The topological polar surface area (TPSA) is 48.1 Å². The first kappa shape index (κ1) is 15.4. The Morgan fingerprint density at radius 1 is 1.29 bits per heavy atom. The van der Waals surface area contributed by atoms with Gasteiger partial charge in [-0.1, -0.05) is 31.2 Å². The lowest BCUT2D eigenvalue weighted by Crippen LogP contribution is -2.48. The minimum absolute atomic E-state index is 0.0819. The number of carbonyl (C=O) groups excluding carboxylic acids is 1. The molecule has 1 fully saturated rings. The number of carbonyl (C=O) groups is 1. The monoisotopic (exact) mass is 339 g/mol. The molecule has 2 aromatic heterocycles. The normalized spacial score (nSPS) is 18.2. The molecule has 0 bridgehead atoms. The molecule has 1 aliphatic rings. The van der Waals surface area contributed by atoms with Crippen LogP contribution in [0.15, 0.2) is 41.8 Å². The molecule has 1 amide bonds. The maximum absolute atomic E-state index is 13.0. The van der Waals surface area contributed by atoms with E-state index in [1.165, 1.54) is 11.1 Å². The number of rotatable bonds is 3. The maximum atomic E-state index is 13.0. The Morgan fingerprint density at radius 3 is 2.88 bits per heavy atom. The molecule has 1 aromatic carbocycles. The summed E-state index contributed by atoms with van der Waals surface area (Å²) in [5.74, 6) is 0.0875. The van der Waals surface area contributed by atoms with Crippen LogP contribution >= 0.6 is 11.3 Å². The zero-order valence-electron chi connectivity index (χ0n) is 13.7. The van der Waals surface area contributed by atoms with Gasteiger partial charge >= 0.3 is 0 Å². The van der Waals surface area contributed by atoms with Gasteiger partial charge in [-0.25, -0.2) is 0 Å². The number of aromatic amines is 1. The third kappa shape index (κ3) is 2.74. The first-order valence-corrected chi connectivity index (χ1v) is 9.31. The molecule has 124 valence electrons. The third-order valence-electron chi connectivity index (χ3n) is 4.75. The molecule has 4 rings (SSSR count). The highest BCUT2D eigenvalue weighted by Gasteiger charge is 2.29. The fourth-order valence-corrected chi connectivity index (χ4v) is 4.12. The standard InChI is InChI=1S/C19H21N3OS/c1-2-13-3-5-14(6-4-13)17-12-20-8-9-22(17)19(23)16-11-18-15(21-16)7-10-24-18/h3-7,10-11,17,20-21H,2,8-9,12H2,1H3. The number of H-pyrrole nitrogens is 1. The van der Waals surface area contributed by atoms with Crippen LogP contribution in [0.2, 0.25) is 0 Å². The highest BCUT2D eigenvalue weighted by molar-refractivity contribution is 7.17. The smallest absolute Gasteiger partial charge is 0.270 e. The van der Waals surface area contributed by atoms with Crippen LogP contribution in [0.4, 0.5) is 0 Å². The van der Waals surface area contributed by atoms with Crippen molar-refractivity contribution in [3.05, 3.63) is 58.6 Å². The minimum atomic E-state index is 0.0819. The molecule has 4 nitrogen and oxygen atoms in total. The summed E-state index contributed by atoms with van der Waals surface area (Å²) < 4.78 is 1.14. The van der Waals surface area contributed by atoms with Crippen molar-refractivity contribution in [3.8, 4) is 0 Å². The maximum Gasteiger partial charge on any atom is 0.270 e. The first-order valence-electron chi connectivity index (χ1n) is 8.43. The van der Waals surface area contributed by atoms with Gasteiger partial charge in [-0.3, -0.25) is 4.79 Å². The number of piperazine rings is 1. The minimum Gasteiger partial charge on any atom is -0.350 e. The van der Waals surface area contributed by atoms with Crippen molar-refractivity contribution in [3.63, 3.8) is 0 Å². The van der Waals surface area contributed by atoms with Crippen molar-refractivity contribution >= 4 is 27.5 Å². The quantitative estimate of drug-likeness (QED) is 0.766. The van der Waals surface area contributed by atoms with Crippen LogP contribution in [0.1, 0.15) is 34.6 Å². The van der Waals surface area contributed by atoms with E-state index in [9.17, 15) is 4.79 Å². The molecule has 1 unspecified atom stereocenters. The number of hydrogen-bond donors (Lipinski definition) is 2. The summed E-state index contributed by atoms with van der Waals surface area (Å²) >= 11 is 1.66. The SMILES string of the molecule is CCc1ccc(C2CNCCN2C(=O)c2cc3sccc3[nH]2)cc1. The van der Waals surface area contributed by atoms with E-state index in [0.717, 1.165) is 36.3 Å². The van der Waals surface area contributed by atoms with Gasteiger partial charge in [0.15, 0.2) is 0 Å². The van der Waals surface area contributed by atoms with Crippen molar-refractivity contribution < 1.29 is 4.79 Å². The second-order valence-corrected chi connectivity index (χ2v) is 7.14. The van der Waals surface area contributed by atoms with Gasteiger partial charge in [0.2, 0.25) is 0 Å². The summed E-state index contributed by atoms with van der Waals surface area (Å²) in [6, 6.07) is 12.7. The van der Waals surface area contributed by atoms with Gasteiger partial charge in [-0.2, -0.15) is 0 Å². The van der Waals surface area contributed by atoms with Crippen molar-refractivity contribution in [2.45, 2.75) is 19.4 Å². The van der Waals surface area contributed by atoms with Crippen LogP contribution in [0.5, 0.6) is 0 Å². The second kappa shape index (κ2) is 6.42. The zero-order valence-corrected chi connectivity index (χ0v) is 14.5. The van der Waals surface area contributed by atoms with Gasteiger partial charge < -0.3 is 15.2 Å². The molecule has 0 saturated carbocycles. The lowest BCUT2D eigenvalue weighted by atomic mass is 10.0. The van der Waals surface area contributed by atoms with E-state index in [4.69, 9.17) is 0 Å². The number of amides is 1. The molecule has 5 heteroatoms. The molecular formula is C19H21N3OS. The average molecular weight is 339 g/mol. The predicted octanol–water partition coefficient (Wildman–Crippen LogP) is 3.58. The van der Waals surface area contributed by atoms with E-state index in [0.29, 0.717) is 5.69 Å². The van der Waals surface area contributed by atoms with Crippen molar-refractivity contribution in [1.82, 2.24) is 15.2 Å². The summed E-state index contributed by atoms with van der Waals surface area (Å²) in [6.45, 7) is 4.52. The van der Waals surface area contributed by atoms with Gasteiger partial charge in [-0.15, -0.1) is 11.3 Å². The van der Waals surface area contributed by atoms with Gasteiger partial charge in [0.05, 0.1) is 16.3 Å². The summed E-state index contributed by atoms with van der Waals surface area (Å²) in [6.07, 6.45) is 1.03. The Bertz CT molecular complexity index is 821. The van der Waals surface area contributed by atoms with Gasteiger partial charge in [0.25, 0.3) is 5.91 Å². The molecule has 1 atom stereocenters. The Hall–Kier alpha value is -2.11. The van der Waals surface area contributed by atoms with Crippen molar-refractivity contribution in [2.75, 3.05) is 19.6 Å². The molecule has 3 heterocycles. The largest absolute Gasteiger partial charge is 0.350 e. The van der Waals surface area contributed by atoms with Crippen molar-refractivity contribution in [2.24, 2.45) is 0 Å². The summed E-state index contributed by atoms with van der Waals surface area (Å²) in [4.78, 5) is 18.3. The fraction of sp³-hybridized carbons (Fsp3) is 0.316. The average Bonchev–Trinajstić information content (AvgIpc) is 3.23. The van der Waals surface area contributed by atoms with Crippen LogP contribution in [0.3, 0.4) is 0 Å². The number of aromatic nitrogens is 1. The number of thiophene rings is 1. The molecule has 3 aromatic rings. The van der Waals surface area contributed by atoms with Crippen LogP contribution in [-0.2, 0) is 6.42 Å². The molecular weight excluding hydrogens is 318 g/mol. The van der Waals surface area contributed by atoms with Gasteiger partial charge in [-0.05, 0) is 35.1 Å². The van der Waals surface area contributed by atoms with E-state index >= 15 is 0 Å². The number of aryl methyl sites for hydroxylation is 1. The zero-order chi connectivity index (χ0) is 16.5. The molecule has 0 aliphatic carbocycles. The Labute approximate surface area is 145 Å². The molecule has 24 heavy (non-hydrogen) atoms. The predicted molar refractivity (Wildman–Crippen MR) is 98.6 cm³/mol. The van der Waals surface area contributed by atoms with Crippen LogP contribution < -0.4 is 5.32 Å². The van der Waals surface area contributed by atoms with E-state index in [2.05, 4.69) is 41.5 Å². The first-order chi connectivity index (χ1) is 11.8. The number of fused-ring (bicyclic) bond motifs is 1. The van der Waals surface area contributed by atoms with Crippen LogP contribution in [-0.4, -0.2) is 35.4 Å². The van der Waals surface area contributed by atoms with Gasteiger partial charge in [0, 0.05) is 19.6 Å². The molecule has 0 spiro atoms. The third-order valence-corrected chi connectivity index (χ3v) is 5.61. The van der Waals surface area contributed by atoms with Gasteiger partial charge in [0.1, 0.15) is 5.69 Å². The lowest BCUT2D eigenvalue weighted by molar-refractivity contribution is 0.0629. The lowest BCUT2D eigenvalue weighted by Gasteiger charge is -2.36. The van der Waals surface area contributed by atoms with E-state index in [-0.39, 0.29) is 11.9 Å². The summed E-state index contributed by atoms with van der Waals surface area (Å²) in [5, 5.41) is 5.46. The second-order valence-electron chi connectivity index (χ2n) is 6.20. The fourth-order valence-electron chi connectivity index (χ4n) is 3.34. The van der Waals surface area contributed by atoms with Crippen LogP contribution in [0, 0.1) is 0 Å². The highest BCUT2D eigenvalue weighted by atomic mass is 32.1. The van der Waals surface area contributed by atoms with Crippen molar-refractivity contribution in [1.29, 1.82) is 0 Å². The van der Waals surface area contributed by atoms with Crippen LogP contribution in [0.25, 0.3) is 10.2 Å². The molecule has 1 aliphatic heterocycles. The number of benzene rings is 1. The Balaban J connectivity index is 1.62. The molecule has 2 N–H and O–H groups in total.